The third-order valence-electron chi connectivity index (χ3n) is 2.29. The Hall–Kier alpha value is -1.13. The molecule has 0 amide bonds. The van der Waals surface area contributed by atoms with Crippen LogP contribution in [0.2, 0.25) is 0 Å². The Labute approximate surface area is 93.2 Å². The fourth-order valence-electron chi connectivity index (χ4n) is 1.45. The van der Waals surface area contributed by atoms with E-state index in [9.17, 15) is 0 Å². The van der Waals surface area contributed by atoms with Crippen molar-refractivity contribution in [1.82, 2.24) is 10.3 Å². The maximum Gasteiger partial charge on any atom is 0.109 e. The van der Waals surface area contributed by atoms with Crippen molar-refractivity contribution in [3.63, 3.8) is 0 Å². The van der Waals surface area contributed by atoms with Crippen LogP contribution in [0.25, 0.3) is 0 Å². The lowest BCUT2D eigenvalue weighted by Crippen LogP contribution is -2.19. The number of nitrogens with zero attached hydrogens (tertiary/aromatic N) is 1. The summed E-state index contributed by atoms with van der Waals surface area (Å²) in [7, 11) is 0. The van der Waals surface area contributed by atoms with Gasteiger partial charge in [-0.1, -0.05) is 6.92 Å². The van der Waals surface area contributed by atoms with Gasteiger partial charge in [0.25, 0.3) is 0 Å². The average Bonchev–Trinajstić information content (AvgIpc) is 2.90. The summed E-state index contributed by atoms with van der Waals surface area (Å²) in [5, 5.41) is 6.63. The molecule has 0 aromatic carbocycles. The molecule has 80 valence electrons. The van der Waals surface area contributed by atoms with E-state index in [1.165, 1.54) is 5.56 Å². The van der Waals surface area contributed by atoms with Gasteiger partial charge in [-0.2, -0.15) is 0 Å². The van der Waals surface area contributed by atoms with Crippen molar-refractivity contribution in [2.45, 2.75) is 25.9 Å². The van der Waals surface area contributed by atoms with Crippen LogP contribution in [0.5, 0.6) is 0 Å². The van der Waals surface area contributed by atoms with E-state index < -0.39 is 0 Å². The van der Waals surface area contributed by atoms with Gasteiger partial charge in [0, 0.05) is 23.7 Å². The Morgan fingerprint density at radius 2 is 2.53 bits per heavy atom. The molecule has 2 aromatic heterocycles. The number of furan rings is 1. The molecule has 0 aliphatic rings. The van der Waals surface area contributed by atoms with Gasteiger partial charge in [0.1, 0.15) is 5.01 Å². The number of rotatable bonds is 5. The number of thiazole rings is 1. The summed E-state index contributed by atoms with van der Waals surface area (Å²) in [6.45, 7) is 2.99. The molecule has 0 saturated heterocycles. The highest BCUT2D eigenvalue weighted by atomic mass is 32.1. The summed E-state index contributed by atoms with van der Waals surface area (Å²) in [5.41, 5.74) is 1.17. The molecule has 0 radical (unpaired) electrons. The SMILES string of the molecule is CCC(NCc1ccoc1)c1nccs1. The van der Waals surface area contributed by atoms with Crippen LogP contribution < -0.4 is 5.32 Å². The zero-order valence-corrected chi connectivity index (χ0v) is 9.46. The average molecular weight is 222 g/mol. The lowest BCUT2D eigenvalue weighted by atomic mass is 10.2. The molecular weight excluding hydrogens is 208 g/mol. The van der Waals surface area contributed by atoms with Crippen molar-refractivity contribution in [3.8, 4) is 0 Å². The first-order valence-corrected chi connectivity index (χ1v) is 5.92. The fraction of sp³-hybridized carbons (Fsp3) is 0.364. The second kappa shape index (κ2) is 5.09. The lowest BCUT2D eigenvalue weighted by Gasteiger charge is -2.13. The molecule has 1 unspecified atom stereocenters. The minimum atomic E-state index is 0.347. The first kappa shape index (κ1) is 10.4. The maximum atomic E-state index is 5.02. The summed E-state index contributed by atoms with van der Waals surface area (Å²) < 4.78 is 5.02. The van der Waals surface area contributed by atoms with Crippen LogP contribution in [0.15, 0.2) is 34.6 Å². The fourth-order valence-corrected chi connectivity index (χ4v) is 2.24. The Morgan fingerprint density at radius 1 is 1.60 bits per heavy atom. The lowest BCUT2D eigenvalue weighted by molar-refractivity contribution is 0.510. The van der Waals surface area contributed by atoms with Gasteiger partial charge in [-0.15, -0.1) is 11.3 Å². The zero-order valence-electron chi connectivity index (χ0n) is 8.64. The molecule has 0 aliphatic carbocycles. The van der Waals surface area contributed by atoms with E-state index in [-0.39, 0.29) is 0 Å². The van der Waals surface area contributed by atoms with Crippen LogP contribution in [-0.4, -0.2) is 4.98 Å². The van der Waals surface area contributed by atoms with E-state index in [0.717, 1.165) is 18.0 Å². The molecule has 2 rings (SSSR count). The molecule has 0 saturated carbocycles. The third-order valence-corrected chi connectivity index (χ3v) is 3.18. The van der Waals surface area contributed by atoms with Gasteiger partial charge in [0.15, 0.2) is 0 Å². The second-order valence-electron chi connectivity index (χ2n) is 3.34. The van der Waals surface area contributed by atoms with Crippen LogP contribution in [0.4, 0.5) is 0 Å². The second-order valence-corrected chi connectivity index (χ2v) is 4.27. The highest BCUT2D eigenvalue weighted by Crippen LogP contribution is 2.19. The van der Waals surface area contributed by atoms with Crippen LogP contribution in [-0.2, 0) is 6.54 Å². The van der Waals surface area contributed by atoms with Crippen LogP contribution in [0.1, 0.15) is 30.0 Å². The van der Waals surface area contributed by atoms with Crippen molar-refractivity contribution in [1.29, 1.82) is 0 Å². The van der Waals surface area contributed by atoms with E-state index in [0.29, 0.717) is 6.04 Å². The van der Waals surface area contributed by atoms with Crippen LogP contribution in [0.3, 0.4) is 0 Å². The number of hydrogen-bond donors (Lipinski definition) is 1. The van der Waals surface area contributed by atoms with Gasteiger partial charge in [0.05, 0.1) is 18.6 Å². The topological polar surface area (TPSA) is 38.1 Å². The van der Waals surface area contributed by atoms with Crippen molar-refractivity contribution in [2.24, 2.45) is 0 Å². The predicted molar refractivity (Wildman–Crippen MR) is 60.7 cm³/mol. The first-order valence-electron chi connectivity index (χ1n) is 5.04. The molecule has 2 heterocycles. The maximum absolute atomic E-state index is 5.02. The van der Waals surface area contributed by atoms with E-state index in [1.807, 2.05) is 17.6 Å². The monoisotopic (exact) mass is 222 g/mol. The van der Waals surface area contributed by atoms with Gasteiger partial charge < -0.3 is 9.73 Å². The Bertz CT molecular complexity index is 369. The molecule has 15 heavy (non-hydrogen) atoms. The summed E-state index contributed by atoms with van der Waals surface area (Å²) in [6, 6.07) is 2.32. The summed E-state index contributed by atoms with van der Waals surface area (Å²) >= 11 is 1.70. The zero-order chi connectivity index (χ0) is 10.5. The molecule has 0 aliphatic heterocycles. The van der Waals surface area contributed by atoms with Crippen LogP contribution >= 0.6 is 11.3 Å². The number of hydrogen-bond acceptors (Lipinski definition) is 4. The smallest absolute Gasteiger partial charge is 0.109 e. The predicted octanol–water partition coefficient (Wildman–Crippen LogP) is 2.98. The highest BCUT2D eigenvalue weighted by molar-refractivity contribution is 7.09. The normalized spacial score (nSPS) is 12.9. The minimum Gasteiger partial charge on any atom is -0.472 e. The van der Waals surface area contributed by atoms with Crippen molar-refractivity contribution >= 4 is 11.3 Å². The van der Waals surface area contributed by atoms with Crippen molar-refractivity contribution in [3.05, 3.63) is 40.7 Å². The van der Waals surface area contributed by atoms with Crippen molar-refractivity contribution < 1.29 is 4.42 Å². The quantitative estimate of drug-likeness (QED) is 0.845. The number of nitrogens with one attached hydrogen (secondary N) is 1. The first-order chi connectivity index (χ1) is 7.40. The molecule has 2 aromatic rings. The Morgan fingerprint density at radius 3 is 3.13 bits per heavy atom. The minimum absolute atomic E-state index is 0.347. The molecule has 1 atom stereocenters. The molecule has 1 N–H and O–H groups in total. The molecule has 0 spiro atoms. The largest absolute Gasteiger partial charge is 0.472 e. The molecule has 4 heteroatoms. The summed E-state index contributed by atoms with van der Waals surface area (Å²) in [6.07, 6.45) is 6.36. The molecule has 0 fully saturated rings. The summed E-state index contributed by atoms with van der Waals surface area (Å²) in [5.74, 6) is 0. The van der Waals surface area contributed by atoms with Gasteiger partial charge in [-0.3, -0.25) is 0 Å². The molecule has 3 nitrogen and oxygen atoms in total. The Kier molecular flexibility index (Phi) is 3.53. The van der Waals surface area contributed by atoms with Gasteiger partial charge >= 0.3 is 0 Å². The van der Waals surface area contributed by atoms with E-state index >= 15 is 0 Å². The summed E-state index contributed by atoms with van der Waals surface area (Å²) in [4.78, 5) is 4.32. The Balaban J connectivity index is 1.92. The van der Waals surface area contributed by atoms with E-state index in [2.05, 4.69) is 17.2 Å². The van der Waals surface area contributed by atoms with E-state index in [4.69, 9.17) is 4.42 Å². The van der Waals surface area contributed by atoms with Gasteiger partial charge in [-0.25, -0.2) is 4.98 Å². The molecular formula is C11H14N2OS. The van der Waals surface area contributed by atoms with Gasteiger partial charge in [0.2, 0.25) is 0 Å². The number of aromatic nitrogens is 1. The molecule has 0 bridgehead atoms. The third kappa shape index (κ3) is 2.67. The van der Waals surface area contributed by atoms with Crippen molar-refractivity contribution in [2.75, 3.05) is 0 Å². The van der Waals surface area contributed by atoms with Gasteiger partial charge in [-0.05, 0) is 12.5 Å². The standard InChI is InChI=1S/C11H14N2OS/c1-2-10(11-12-4-6-15-11)13-7-9-3-5-14-8-9/h3-6,8,10,13H,2,7H2,1H3. The highest BCUT2D eigenvalue weighted by Gasteiger charge is 2.10. The van der Waals surface area contributed by atoms with E-state index in [1.54, 1.807) is 23.9 Å². The van der Waals surface area contributed by atoms with Crippen LogP contribution in [0, 0.1) is 0 Å².